The normalized spacial score (nSPS) is 19.1. The van der Waals surface area contributed by atoms with E-state index in [1.165, 1.54) is 40.5 Å². The van der Waals surface area contributed by atoms with Gasteiger partial charge in [0.2, 0.25) is 17.7 Å². The lowest BCUT2D eigenvalue weighted by atomic mass is 9.93. The van der Waals surface area contributed by atoms with Crippen LogP contribution in [0.3, 0.4) is 0 Å². The maximum Gasteiger partial charge on any atom is 0.573 e. The number of likely N-dealkylation sites (tertiary alicyclic amines) is 1. The summed E-state index contributed by atoms with van der Waals surface area (Å²) >= 11 is 1.31. The minimum atomic E-state index is -4.80. The van der Waals surface area contributed by atoms with Crippen molar-refractivity contribution in [2.45, 2.75) is 56.0 Å². The highest BCUT2D eigenvalue weighted by Gasteiger charge is 2.55. The second kappa shape index (κ2) is 10.2. The Labute approximate surface area is 209 Å². The lowest BCUT2D eigenvalue weighted by Crippen LogP contribution is -2.51. The summed E-state index contributed by atoms with van der Waals surface area (Å²) in [6.45, 7) is 0.374. The van der Waals surface area contributed by atoms with Gasteiger partial charge in [0, 0.05) is 18.1 Å². The zero-order valence-electron chi connectivity index (χ0n) is 19.0. The van der Waals surface area contributed by atoms with E-state index in [9.17, 15) is 27.6 Å². The van der Waals surface area contributed by atoms with Crippen LogP contribution in [0.5, 0.6) is 5.75 Å². The van der Waals surface area contributed by atoms with Gasteiger partial charge in [0.05, 0.1) is 17.9 Å². The Morgan fingerprint density at radius 1 is 1.28 bits per heavy atom. The van der Waals surface area contributed by atoms with E-state index in [4.69, 9.17) is 5.73 Å². The van der Waals surface area contributed by atoms with Crippen molar-refractivity contribution in [2.75, 3.05) is 6.54 Å². The third kappa shape index (κ3) is 5.96. The van der Waals surface area contributed by atoms with Gasteiger partial charge >= 0.3 is 6.36 Å². The Morgan fingerprint density at radius 3 is 2.58 bits per heavy atom. The number of thiazole rings is 1. The number of primary amides is 1. The Kier molecular flexibility index (Phi) is 7.21. The predicted octanol–water partition coefficient (Wildman–Crippen LogP) is 2.48. The van der Waals surface area contributed by atoms with Crippen LogP contribution in [0.4, 0.5) is 13.2 Å². The first-order chi connectivity index (χ1) is 17.1. The number of benzene rings is 1. The van der Waals surface area contributed by atoms with Crippen LogP contribution in [0.2, 0.25) is 0 Å². The molecule has 190 valence electrons. The molecule has 0 bridgehead atoms. The summed E-state index contributed by atoms with van der Waals surface area (Å²) < 4.78 is 41.3. The van der Waals surface area contributed by atoms with Crippen LogP contribution in [0.1, 0.15) is 42.7 Å². The molecule has 1 saturated heterocycles. The van der Waals surface area contributed by atoms with Gasteiger partial charge in [-0.25, -0.2) is 4.98 Å². The Hall–Kier alpha value is -3.59. The van der Waals surface area contributed by atoms with Crippen LogP contribution in [-0.2, 0) is 19.8 Å². The number of hydrogen-bond donors (Lipinski definition) is 2. The molecular weight excluding hydrogens is 497 g/mol. The largest absolute Gasteiger partial charge is 0.573 e. The molecule has 2 heterocycles. The molecule has 3 amide bonds. The van der Waals surface area contributed by atoms with Crippen molar-refractivity contribution in [1.29, 1.82) is 0 Å². The third-order valence-corrected chi connectivity index (χ3v) is 6.81. The van der Waals surface area contributed by atoms with Crippen molar-refractivity contribution in [1.82, 2.24) is 15.2 Å². The highest BCUT2D eigenvalue weighted by atomic mass is 32.1. The molecule has 2 aromatic rings. The summed E-state index contributed by atoms with van der Waals surface area (Å²) in [5.74, 6) is 3.93. The molecule has 1 unspecified atom stereocenters. The van der Waals surface area contributed by atoms with Crippen molar-refractivity contribution in [3.63, 3.8) is 0 Å². The van der Waals surface area contributed by atoms with E-state index in [-0.39, 0.29) is 18.1 Å². The fraction of sp³-hybridized carbons (Fsp3) is 0.417. The summed E-state index contributed by atoms with van der Waals surface area (Å²) in [5.41, 5.74) is 5.01. The van der Waals surface area contributed by atoms with Gasteiger partial charge in [-0.1, -0.05) is 18.1 Å². The highest BCUT2D eigenvalue weighted by Crippen LogP contribution is 2.50. The minimum absolute atomic E-state index is 0.193. The first-order valence-corrected chi connectivity index (χ1v) is 12.1. The first kappa shape index (κ1) is 25.5. The molecule has 1 saturated carbocycles. The van der Waals surface area contributed by atoms with E-state index in [1.54, 1.807) is 11.6 Å². The van der Waals surface area contributed by atoms with Crippen LogP contribution in [-0.4, -0.2) is 52.6 Å². The topological polar surface area (TPSA) is 115 Å². The molecule has 1 aliphatic carbocycles. The number of rotatable bonds is 7. The summed E-state index contributed by atoms with van der Waals surface area (Å²) in [6, 6.07) is 3.68. The number of carbonyl (C=O) groups is 3. The number of halogens is 3. The average molecular weight is 521 g/mol. The molecule has 12 heteroatoms. The first-order valence-electron chi connectivity index (χ1n) is 11.2. The molecule has 2 fully saturated rings. The molecule has 36 heavy (non-hydrogen) atoms. The van der Waals surface area contributed by atoms with Gasteiger partial charge < -0.3 is 20.7 Å². The van der Waals surface area contributed by atoms with Gasteiger partial charge in [-0.2, -0.15) is 0 Å². The fourth-order valence-corrected chi connectivity index (χ4v) is 4.82. The quantitative estimate of drug-likeness (QED) is 0.545. The highest BCUT2D eigenvalue weighted by molar-refractivity contribution is 7.10. The van der Waals surface area contributed by atoms with Crippen molar-refractivity contribution in [3.05, 3.63) is 46.4 Å². The zero-order chi connectivity index (χ0) is 25.9. The molecule has 1 aromatic carbocycles. The number of amides is 3. The summed E-state index contributed by atoms with van der Waals surface area (Å²) in [4.78, 5) is 43.7. The Morgan fingerprint density at radius 2 is 2.00 bits per heavy atom. The summed E-state index contributed by atoms with van der Waals surface area (Å²) in [6.07, 6.45) is -1.30. The molecule has 8 nitrogen and oxygen atoms in total. The monoisotopic (exact) mass is 520 g/mol. The van der Waals surface area contributed by atoms with E-state index in [1.807, 2.05) is 0 Å². The van der Waals surface area contributed by atoms with E-state index in [0.717, 1.165) is 0 Å². The second-order valence-corrected chi connectivity index (χ2v) is 9.54. The smallest absolute Gasteiger partial charge is 0.406 e. The number of carbonyl (C=O) groups excluding carboxylic acids is 3. The second-order valence-electron chi connectivity index (χ2n) is 8.65. The van der Waals surface area contributed by atoms with Gasteiger partial charge in [0.1, 0.15) is 11.8 Å². The molecule has 0 spiro atoms. The van der Waals surface area contributed by atoms with Crippen LogP contribution < -0.4 is 15.8 Å². The van der Waals surface area contributed by atoms with Crippen LogP contribution >= 0.6 is 11.3 Å². The lowest BCUT2D eigenvalue weighted by molar-refractivity contribution is -0.274. The van der Waals surface area contributed by atoms with E-state index in [0.29, 0.717) is 42.8 Å². The minimum Gasteiger partial charge on any atom is -0.406 e. The van der Waals surface area contributed by atoms with Crippen molar-refractivity contribution >= 4 is 29.1 Å². The molecule has 4 rings (SSSR count). The van der Waals surface area contributed by atoms with Gasteiger partial charge in [-0.3, -0.25) is 14.4 Å². The predicted molar refractivity (Wildman–Crippen MR) is 124 cm³/mol. The lowest BCUT2D eigenvalue weighted by Gasteiger charge is -2.29. The van der Waals surface area contributed by atoms with Gasteiger partial charge in [-0.05, 0) is 49.3 Å². The Balaban J connectivity index is 1.46. The van der Waals surface area contributed by atoms with E-state index < -0.39 is 35.7 Å². The fourth-order valence-electron chi connectivity index (χ4n) is 4.33. The molecule has 1 aliphatic heterocycles. The SMILES string of the molecule is NC(=O)CC(C#Cc1nccs1)NC(=O)[C@@H]1CCCN1C(=O)C1(c2ccc(OC(F)(F)F)cc2)CC1. The molecule has 0 radical (unpaired) electrons. The number of alkyl halides is 3. The van der Waals surface area contributed by atoms with Gasteiger partial charge in [0.25, 0.3) is 0 Å². The zero-order valence-corrected chi connectivity index (χ0v) is 19.8. The number of nitrogens with one attached hydrogen (secondary N) is 1. The van der Waals surface area contributed by atoms with Crippen LogP contribution in [0.15, 0.2) is 35.8 Å². The van der Waals surface area contributed by atoms with Crippen molar-refractivity contribution in [2.24, 2.45) is 5.73 Å². The molecule has 2 aliphatic rings. The van der Waals surface area contributed by atoms with Gasteiger partial charge in [0.15, 0.2) is 5.01 Å². The number of hydrogen-bond acceptors (Lipinski definition) is 6. The van der Waals surface area contributed by atoms with Crippen molar-refractivity contribution in [3.8, 4) is 17.6 Å². The third-order valence-electron chi connectivity index (χ3n) is 6.12. The van der Waals surface area contributed by atoms with Crippen molar-refractivity contribution < 1.29 is 32.3 Å². The van der Waals surface area contributed by atoms with Crippen LogP contribution in [0, 0.1) is 11.8 Å². The van der Waals surface area contributed by atoms with Gasteiger partial charge in [-0.15, -0.1) is 24.5 Å². The Bertz CT molecular complexity index is 1180. The maximum absolute atomic E-state index is 13.5. The summed E-state index contributed by atoms with van der Waals surface area (Å²) in [5, 5.41) is 5.00. The molecule has 1 aromatic heterocycles. The van der Waals surface area contributed by atoms with Crippen LogP contribution in [0.25, 0.3) is 0 Å². The van der Waals surface area contributed by atoms with E-state index in [2.05, 4.69) is 26.9 Å². The summed E-state index contributed by atoms with van der Waals surface area (Å²) in [7, 11) is 0. The number of aromatic nitrogens is 1. The molecule has 2 atom stereocenters. The average Bonchev–Trinajstić information content (AvgIpc) is 3.20. The standard InChI is InChI=1S/C24H23F3N4O4S/c25-24(26,27)35-17-6-3-15(4-7-17)23(9-10-23)22(34)31-12-1-2-18(31)21(33)30-16(14-19(28)32)5-8-20-29-11-13-36-20/h3-4,6-7,11,13,16,18H,1-2,9-10,12,14H2,(H2,28,32)(H,30,33)/t16?,18-/m0/s1. The van der Waals surface area contributed by atoms with E-state index >= 15 is 0 Å². The number of nitrogens with zero attached hydrogens (tertiary/aromatic N) is 2. The molecule has 3 N–H and O–H groups in total. The number of ether oxygens (including phenoxy) is 1. The number of nitrogens with two attached hydrogens (primary N) is 1. The maximum atomic E-state index is 13.5. The molecular formula is C24H23F3N4O4S.